The van der Waals surface area contributed by atoms with Crippen LogP contribution in [0.3, 0.4) is 0 Å². The first kappa shape index (κ1) is 18.5. The topological polar surface area (TPSA) is 49.4 Å². The Morgan fingerprint density at radius 1 is 1.21 bits per heavy atom. The number of carbonyl (C=O) groups is 2. The molecule has 1 N–H and O–H groups in total. The lowest BCUT2D eigenvalue weighted by atomic mass is 10.0. The Morgan fingerprint density at radius 3 is 2.42 bits per heavy atom. The zero-order chi connectivity index (χ0) is 17.7. The Kier molecular flexibility index (Phi) is 6.04. The van der Waals surface area contributed by atoms with E-state index in [0.29, 0.717) is 25.9 Å². The van der Waals surface area contributed by atoms with Crippen LogP contribution in [0.4, 0.5) is 13.2 Å². The molecule has 1 saturated heterocycles. The minimum atomic E-state index is -4.88. The maximum absolute atomic E-state index is 12.2. The number of nitrogens with one attached hydrogen (secondary N) is 1. The zero-order valence-electron chi connectivity index (χ0n) is 12.6. The number of piperidine rings is 1. The molecule has 2 amide bonds. The Labute approximate surface area is 145 Å². The van der Waals surface area contributed by atoms with Crippen molar-refractivity contribution < 1.29 is 22.8 Å². The van der Waals surface area contributed by atoms with E-state index in [2.05, 4.69) is 15.9 Å². The lowest BCUT2D eigenvalue weighted by Crippen LogP contribution is -2.49. The molecule has 0 aromatic heterocycles. The SMILES string of the molecule is O=C(/C=C/c1ccccc1Br)N1CCC(NC(=O)C(F)(F)F)CC1. The minimum Gasteiger partial charge on any atom is -0.345 e. The van der Waals surface area contributed by atoms with Crippen molar-refractivity contribution in [3.05, 3.63) is 40.4 Å². The number of benzene rings is 1. The molecule has 0 saturated carbocycles. The van der Waals surface area contributed by atoms with Gasteiger partial charge in [-0.1, -0.05) is 34.1 Å². The number of alkyl halides is 3. The number of carbonyl (C=O) groups excluding carboxylic acids is 2. The average Bonchev–Trinajstić information content (AvgIpc) is 2.53. The van der Waals surface area contributed by atoms with Gasteiger partial charge in [-0.2, -0.15) is 13.2 Å². The highest BCUT2D eigenvalue weighted by atomic mass is 79.9. The van der Waals surface area contributed by atoms with Crippen LogP contribution >= 0.6 is 15.9 Å². The molecule has 0 spiro atoms. The van der Waals surface area contributed by atoms with Gasteiger partial charge in [-0.15, -0.1) is 0 Å². The van der Waals surface area contributed by atoms with Crippen molar-refractivity contribution in [3.63, 3.8) is 0 Å². The van der Waals surface area contributed by atoms with Gasteiger partial charge in [0, 0.05) is 29.7 Å². The molecular formula is C16H16BrF3N2O2. The fourth-order valence-corrected chi connectivity index (χ4v) is 2.81. The van der Waals surface area contributed by atoms with Gasteiger partial charge in [0.2, 0.25) is 5.91 Å². The lowest BCUT2D eigenvalue weighted by molar-refractivity contribution is -0.174. The zero-order valence-corrected chi connectivity index (χ0v) is 14.2. The molecular weight excluding hydrogens is 389 g/mol. The first-order valence-corrected chi connectivity index (χ1v) is 8.16. The van der Waals surface area contributed by atoms with Crippen LogP contribution in [0.1, 0.15) is 18.4 Å². The van der Waals surface area contributed by atoms with E-state index < -0.39 is 18.1 Å². The Morgan fingerprint density at radius 2 is 1.83 bits per heavy atom. The summed E-state index contributed by atoms with van der Waals surface area (Å²) in [5.41, 5.74) is 0.859. The highest BCUT2D eigenvalue weighted by Crippen LogP contribution is 2.19. The Balaban J connectivity index is 1.85. The quantitative estimate of drug-likeness (QED) is 0.786. The summed E-state index contributed by atoms with van der Waals surface area (Å²) in [5, 5.41) is 1.96. The van der Waals surface area contributed by atoms with E-state index >= 15 is 0 Å². The molecule has 2 rings (SSSR count). The Hall–Kier alpha value is -1.83. The number of hydrogen-bond acceptors (Lipinski definition) is 2. The van der Waals surface area contributed by atoms with E-state index in [1.54, 1.807) is 11.0 Å². The van der Waals surface area contributed by atoms with Crippen molar-refractivity contribution in [1.29, 1.82) is 0 Å². The van der Waals surface area contributed by atoms with Crippen LogP contribution in [0.15, 0.2) is 34.8 Å². The van der Waals surface area contributed by atoms with Gasteiger partial charge in [0.15, 0.2) is 0 Å². The van der Waals surface area contributed by atoms with Crippen molar-refractivity contribution >= 4 is 33.8 Å². The molecule has 1 fully saturated rings. The normalized spacial score (nSPS) is 16.4. The van der Waals surface area contributed by atoms with E-state index in [0.717, 1.165) is 10.0 Å². The van der Waals surface area contributed by atoms with Crippen LogP contribution < -0.4 is 5.32 Å². The monoisotopic (exact) mass is 404 g/mol. The van der Waals surface area contributed by atoms with Crippen LogP contribution in [0.25, 0.3) is 6.08 Å². The van der Waals surface area contributed by atoms with E-state index in [-0.39, 0.29) is 5.91 Å². The van der Waals surface area contributed by atoms with Crippen LogP contribution in [0.2, 0.25) is 0 Å². The molecule has 0 radical (unpaired) electrons. The number of nitrogens with zero attached hydrogens (tertiary/aromatic N) is 1. The van der Waals surface area contributed by atoms with Crippen LogP contribution in [0.5, 0.6) is 0 Å². The first-order valence-electron chi connectivity index (χ1n) is 7.36. The summed E-state index contributed by atoms with van der Waals surface area (Å²) in [4.78, 5) is 24.6. The van der Waals surface area contributed by atoms with Crippen molar-refractivity contribution in [2.45, 2.75) is 25.1 Å². The molecule has 130 valence electrons. The van der Waals surface area contributed by atoms with E-state index in [9.17, 15) is 22.8 Å². The van der Waals surface area contributed by atoms with Gasteiger partial charge in [0.05, 0.1) is 0 Å². The molecule has 1 aromatic carbocycles. The summed E-state index contributed by atoms with van der Waals surface area (Å²) in [6, 6.07) is 6.87. The molecule has 0 bridgehead atoms. The van der Waals surface area contributed by atoms with Gasteiger partial charge in [-0.3, -0.25) is 9.59 Å². The summed E-state index contributed by atoms with van der Waals surface area (Å²) in [6.07, 6.45) is -1.15. The predicted molar refractivity (Wildman–Crippen MR) is 87.0 cm³/mol. The molecule has 0 aliphatic carbocycles. The highest BCUT2D eigenvalue weighted by Gasteiger charge is 2.40. The fraction of sp³-hybridized carbons (Fsp3) is 0.375. The number of amides is 2. The number of hydrogen-bond donors (Lipinski definition) is 1. The summed E-state index contributed by atoms with van der Waals surface area (Å²) in [7, 11) is 0. The molecule has 24 heavy (non-hydrogen) atoms. The Bertz CT molecular complexity index is 638. The van der Waals surface area contributed by atoms with Crippen LogP contribution in [0, 0.1) is 0 Å². The van der Waals surface area contributed by atoms with Gasteiger partial charge in [-0.05, 0) is 30.5 Å². The first-order chi connectivity index (χ1) is 11.3. The predicted octanol–water partition coefficient (Wildman–Crippen LogP) is 3.13. The van der Waals surface area contributed by atoms with E-state index in [1.165, 1.54) is 6.08 Å². The maximum Gasteiger partial charge on any atom is 0.471 e. The highest BCUT2D eigenvalue weighted by molar-refractivity contribution is 9.10. The average molecular weight is 405 g/mol. The van der Waals surface area contributed by atoms with Gasteiger partial charge >= 0.3 is 12.1 Å². The number of halogens is 4. The summed E-state index contributed by atoms with van der Waals surface area (Å²) < 4.78 is 37.5. The van der Waals surface area contributed by atoms with Gasteiger partial charge in [0.25, 0.3) is 0 Å². The maximum atomic E-state index is 12.2. The number of rotatable bonds is 3. The summed E-state index contributed by atoms with van der Waals surface area (Å²) in [6.45, 7) is 0.615. The molecule has 4 nitrogen and oxygen atoms in total. The van der Waals surface area contributed by atoms with Gasteiger partial charge in [0.1, 0.15) is 0 Å². The van der Waals surface area contributed by atoms with E-state index in [4.69, 9.17) is 0 Å². The fourth-order valence-electron chi connectivity index (χ4n) is 2.39. The summed E-state index contributed by atoms with van der Waals surface area (Å²) in [5.74, 6) is -2.13. The molecule has 1 aromatic rings. The van der Waals surface area contributed by atoms with Crippen LogP contribution in [-0.2, 0) is 9.59 Å². The second kappa shape index (κ2) is 7.83. The van der Waals surface area contributed by atoms with Crippen LogP contribution in [-0.4, -0.2) is 42.0 Å². The van der Waals surface area contributed by atoms with Gasteiger partial charge in [-0.25, -0.2) is 0 Å². The lowest BCUT2D eigenvalue weighted by Gasteiger charge is -2.31. The third-order valence-corrected chi connectivity index (χ3v) is 4.43. The minimum absolute atomic E-state index is 0.202. The third kappa shape index (κ3) is 5.09. The van der Waals surface area contributed by atoms with Crippen molar-refractivity contribution in [1.82, 2.24) is 10.2 Å². The van der Waals surface area contributed by atoms with Crippen molar-refractivity contribution in [2.75, 3.05) is 13.1 Å². The molecule has 1 heterocycles. The smallest absolute Gasteiger partial charge is 0.345 e. The molecule has 0 atom stereocenters. The second-order valence-corrected chi connectivity index (χ2v) is 6.28. The van der Waals surface area contributed by atoms with Crippen molar-refractivity contribution in [3.8, 4) is 0 Å². The van der Waals surface area contributed by atoms with Gasteiger partial charge < -0.3 is 10.2 Å². The van der Waals surface area contributed by atoms with Crippen molar-refractivity contribution in [2.24, 2.45) is 0 Å². The molecule has 8 heteroatoms. The second-order valence-electron chi connectivity index (χ2n) is 5.43. The largest absolute Gasteiger partial charge is 0.471 e. The number of likely N-dealkylation sites (tertiary alicyclic amines) is 1. The molecule has 0 unspecified atom stereocenters. The van der Waals surface area contributed by atoms with E-state index in [1.807, 2.05) is 29.6 Å². The standard InChI is InChI=1S/C16H16BrF3N2O2/c17-13-4-2-1-3-11(13)5-6-14(23)22-9-7-12(8-10-22)21-15(24)16(18,19)20/h1-6,12H,7-10H2,(H,21,24)/b6-5+. The molecule has 1 aliphatic heterocycles. The molecule has 1 aliphatic rings. The third-order valence-electron chi connectivity index (χ3n) is 3.71. The summed E-state index contributed by atoms with van der Waals surface area (Å²) >= 11 is 3.38.